The van der Waals surface area contributed by atoms with Crippen LogP contribution in [0.25, 0.3) is 0 Å². The molecule has 25 heavy (non-hydrogen) atoms. The van der Waals surface area contributed by atoms with E-state index in [-0.39, 0.29) is 23.5 Å². The zero-order valence-corrected chi connectivity index (χ0v) is 14.4. The molecule has 0 atom stereocenters. The molecule has 0 aliphatic heterocycles. The van der Waals surface area contributed by atoms with Gasteiger partial charge in [0.15, 0.2) is 0 Å². The Morgan fingerprint density at radius 2 is 1.92 bits per heavy atom. The third kappa shape index (κ3) is 5.64. The van der Waals surface area contributed by atoms with Crippen molar-refractivity contribution < 1.29 is 14.3 Å². The van der Waals surface area contributed by atoms with E-state index in [1.54, 1.807) is 24.3 Å². The first-order valence-electron chi connectivity index (χ1n) is 8.46. The van der Waals surface area contributed by atoms with Crippen LogP contribution >= 0.6 is 0 Å². The summed E-state index contributed by atoms with van der Waals surface area (Å²) in [4.78, 5) is 23.5. The number of rotatable bonds is 6. The predicted molar refractivity (Wildman–Crippen MR) is 93.3 cm³/mol. The molecule has 132 valence electrons. The van der Waals surface area contributed by atoms with Crippen molar-refractivity contribution in [1.29, 1.82) is 5.26 Å². The standard InChI is InChI=1S/C19H23N3O3/c1-25-19(24)15-9-7-14(8-10-15)12-21-13-16(11-20)18(23)22-17-5-3-2-4-6-17/h7-10,13,17,21H,2-6,12H2,1H3,(H,22,23)/b16-13-. The Bertz CT molecular complexity index is 668. The lowest BCUT2D eigenvalue weighted by Gasteiger charge is -2.22. The molecule has 2 rings (SSSR count). The van der Waals surface area contributed by atoms with Gasteiger partial charge in [-0.15, -0.1) is 0 Å². The topological polar surface area (TPSA) is 91.2 Å². The van der Waals surface area contributed by atoms with Gasteiger partial charge < -0.3 is 15.4 Å². The highest BCUT2D eigenvalue weighted by atomic mass is 16.5. The molecule has 1 amide bonds. The van der Waals surface area contributed by atoms with Gasteiger partial charge in [0.2, 0.25) is 0 Å². The number of esters is 1. The number of nitriles is 1. The van der Waals surface area contributed by atoms with Gasteiger partial charge in [0.05, 0.1) is 12.7 Å². The highest BCUT2D eigenvalue weighted by Gasteiger charge is 2.17. The molecule has 1 aliphatic carbocycles. The van der Waals surface area contributed by atoms with Crippen LogP contribution < -0.4 is 10.6 Å². The van der Waals surface area contributed by atoms with Crippen molar-refractivity contribution in [2.24, 2.45) is 0 Å². The molecule has 1 fully saturated rings. The number of carbonyl (C=O) groups excluding carboxylic acids is 2. The lowest BCUT2D eigenvalue weighted by atomic mass is 9.95. The van der Waals surface area contributed by atoms with Crippen molar-refractivity contribution in [3.63, 3.8) is 0 Å². The summed E-state index contributed by atoms with van der Waals surface area (Å²) in [6.45, 7) is 0.448. The van der Waals surface area contributed by atoms with Gasteiger partial charge in [0, 0.05) is 18.8 Å². The molecule has 1 aromatic carbocycles. The largest absolute Gasteiger partial charge is 0.465 e. The average molecular weight is 341 g/mol. The van der Waals surface area contributed by atoms with Crippen LogP contribution in [0.15, 0.2) is 36.0 Å². The highest BCUT2D eigenvalue weighted by Crippen LogP contribution is 2.17. The normalized spacial score (nSPS) is 15.1. The first kappa shape index (κ1) is 18.5. The van der Waals surface area contributed by atoms with Crippen LogP contribution in [0.1, 0.15) is 48.0 Å². The van der Waals surface area contributed by atoms with Gasteiger partial charge in [-0.2, -0.15) is 5.26 Å². The molecule has 0 heterocycles. The molecule has 6 nitrogen and oxygen atoms in total. The molecule has 6 heteroatoms. The van der Waals surface area contributed by atoms with Gasteiger partial charge in [-0.05, 0) is 30.5 Å². The van der Waals surface area contributed by atoms with E-state index >= 15 is 0 Å². The number of hydrogen-bond donors (Lipinski definition) is 2. The van der Waals surface area contributed by atoms with Crippen LogP contribution in [0.3, 0.4) is 0 Å². The molecule has 0 bridgehead atoms. The summed E-state index contributed by atoms with van der Waals surface area (Å²) in [6.07, 6.45) is 6.84. The number of hydrogen-bond acceptors (Lipinski definition) is 5. The minimum Gasteiger partial charge on any atom is -0.465 e. The molecule has 2 N–H and O–H groups in total. The molecule has 0 spiro atoms. The second-order valence-corrected chi connectivity index (χ2v) is 6.05. The van der Waals surface area contributed by atoms with E-state index in [4.69, 9.17) is 0 Å². The summed E-state index contributed by atoms with van der Waals surface area (Å²) in [5.74, 6) is -0.714. The minimum atomic E-state index is -0.384. The highest BCUT2D eigenvalue weighted by molar-refractivity contribution is 5.97. The Balaban J connectivity index is 1.86. The number of benzene rings is 1. The number of methoxy groups -OCH3 is 1. The first-order chi connectivity index (χ1) is 12.1. The zero-order valence-electron chi connectivity index (χ0n) is 14.4. The van der Waals surface area contributed by atoms with E-state index in [1.807, 2.05) is 6.07 Å². The summed E-state index contributed by atoms with van der Waals surface area (Å²) in [5.41, 5.74) is 1.47. The fourth-order valence-corrected chi connectivity index (χ4v) is 2.81. The maximum atomic E-state index is 12.1. The van der Waals surface area contributed by atoms with Crippen molar-refractivity contribution in [2.75, 3.05) is 7.11 Å². The van der Waals surface area contributed by atoms with Gasteiger partial charge in [0.25, 0.3) is 5.91 Å². The van der Waals surface area contributed by atoms with E-state index in [9.17, 15) is 14.9 Å². The second-order valence-electron chi connectivity index (χ2n) is 6.05. The third-order valence-electron chi connectivity index (χ3n) is 4.23. The van der Waals surface area contributed by atoms with E-state index in [1.165, 1.54) is 19.7 Å². The Morgan fingerprint density at radius 1 is 1.24 bits per heavy atom. The summed E-state index contributed by atoms with van der Waals surface area (Å²) >= 11 is 0. The lowest BCUT2D eigenvalue weighted by molar-refractivity contribution is -0.118. The van der Waals surface area contributed by atoms with Crippen molar-refractivity contribution in [2.45, 2.75) is 44.7 Å². The van der Waals surface area contributed by atoms with Crippen LogP contribution in [0.4, 0.5) is 0 Å². The zero-order chi connectivity index (χ0) is 18.1. The Labute approximate surface area is 147 Å². The molecular formula is C19H23N3O3. The Morgan fingerprint density at radius 3 is 2.52 bits per heavy atom. The fraction of sp³-hybridized carbons (Fsp3) is 0.421. The molecule has 1 aliphatic rings. The monoisotopic (exact) mass is 341 g/mol. The fourth-order valence-electron chi connectivity index (χ4n) is 2.81. The van der Waals surface area contributed by atoms with Crippen LogP contribution in [-0.2, 0) is 16.1 Å². The quantitative estimate of drug-likeness (QED) is 0.471. The van der Waals surface area contributed by atoms with Crippen molar-refractivity contribution >= 4 is 11.9 Å². The Hall–Kier alpha value is -2.81. The molecular weight excluding hydrogens is 318 g/mol. The number of amides is 1. The molecule has 0 radical (unpaired) electrons. The minimum absolute atomic E-state index is 0.0664. The van der Waals surface area contributed by atoms with E-state index in [0.717, 1.165) is 31.2 Å². The first-order valence-corrected chi connectivity index (χ1v) is 8.46. The van der Waals surface area contributed by atoms with Gasteiger partial charge in [-0.25, -0.2) is 4.79 Å². The van der Waals surface area contributed by atoms with Crippen molar-refractivity contribution in [3.05, 3.63) is 47.2 Å². The van der Waals surface area contributed by atoms with Crippen LogP contribution in [0, 0.1) is 11.3 Å². The van der Waals surface area contributed by atoms with Crippen LogP contribution in [-0.4, -0.2) is 25.0 Å². The predicted octanol–water partition coefficient (Wildman–Crippen LogP) is 2.42. The van der Waals surface area contributed by atoms with Gasteiger partial charge in [-0.1, -0.05) is 31.4 Å². The van der Waals surface area contributed by atoms with E-state index < -0.39 is 0 Å². The SMILES string of the molecule is COC(=O)c1ccc(CN/C=C(/C#N)C(=O)NC2CCCCC2)cc1. The molecule has 0 aromatic heterocycles. The summed E-state index contributed by atoms with van der Waals surface area (Å²) in [6, 6.07) is 9.04. The maximum Gasteiger partial charge on any atom is 0.337 e. The van der Waals surface area contributed by atoms with E-state index in [0.29, 0.717) is 12.1 Å². The molecule has 1 saturated carbocycles. The number of ether oxygens (including phenoxy) is 1. The molecule has 0 saturated heterocycles. The lowest BCUT2D eigenvalue weighted by Crippen LogP contribution is -2.37. The Kier molecular flexibility index (Phi) is 7.02. The number of nitrogens with one attached hydrogen (secondary N) is 2. The molecule has 1 aromatic rings. The van der Waals surface area contributed by atoms with Gasteiger partial charge >= 0.3 is 5.97 Å². The van der Waals surface area contributed by atoms with Crippen LogP contribution in [0.2, 0.25) is 0 Å². The number of nitrogens with zero attached hydrogens (tertiary/aromatic N) is 1. The summed E-state index contributed by atoms with van der Waals surface area (Å²) < 4.78 is 4.65. The smallest absolute Gasteiger partial charge is 0.337 e. The van der Waals surface area contributed by atoms with Gasteiger partial charge in [0.1, 0.15) is 11.6 Å². The van der Waals surface area contributed by atoms with E-state index in [2.05, 4.69) is 15.4 Å². The van der Waals surface area contributed by atoms with Gasteiger partial charge in [-0.3, -0.25) is 4.79 Å². The summed E-state index contributed by atoms with van der Waals surface area (Å²) in [7, 11) is 1.34. The maximum absolute atomic E-state index is 12.1. The summed E-state index contributed by atoms with van der Waals surface area (Å²) in [5, 5.41) is 15.1. The number of carbonyl (C=O) groups is 2. The molecule has 0 unspecified atom stereocenters. The second kappa shape index (κ2) is 9.48. The van der Waals surface area contributed by atoms with Crippen LogP contribution in [0.5, 0.6) is 0 Å². The van der Waals surface area contributed by atoms with Crippen molar-refractivity contribution in [1.82, 2.24) is 10.6 Å². The average Bonchev–Trinajstić information content (AvgIpc) is 2.65. The van der Waals surface area contributed by atoms with Crippen molar-refractivity contribution in [3.8, 4) is 6.07 Å². The third-order valence-corrected chi connectivity index (χ3v) is 4.23.